The van der Waals surface area contributed by atoms with Crippen molar-refractivity contribution in [2.24, 2.45) is 7.05 Å². The molecule has 4 rings (SSSR count). The highest BCUT2D eigenvalue weighted by Gasteiger charge is 2.22. The first-order valence-corrected chi connectivity index (χ1v) is 10.3. The maximum atomic E-state index is 14.7. The number of hydrogen-bond donors (Lipinski definition) is 1. The third-order valence-corrected chi connectivity index (χ3v) is 5.61. The molecule has 9 heteroatoms. The number of alkyl halides is 2. The minimum absolute atomic E-state index is 0.0865. The molecule has 0 unspecified atom stereocenters. The van der Waals surface area contributed by atoms with Crippen molar-refractivity contribution in [3.63, 3.8) is 0 Å². The van der Waals surface area contributed by atoms with E-state index in [0.29, 0.717) is 36.7 Å². The normalized spacial score (nSPS) is 15.2. The van der Waals surface area contributed by atoms with Crippen LogP contribution >= 0.6 is 0 Å². The van der Waals surface area contributed by atoms with Gasteiger partial charge in [0.25, 0.3) is 12.0 Å². The van der Waals surface area contributed by atoms with E-state index in [1.807, 2.05) is 12.1 Å². The number of halogens is 3. The van der Waals surface area contributed by atoms with Gasteiger partial charge < -0.3 is 14.6 Å². The average Bonchev–Trinajstić information content (AvgIpc) is 2.77. The summed E-state index contributed by atoms with van der Waals surface area (Å²) in [5.41, 5.74) is 1.09. The van der Waals surface area contributed by atoms with Crippen molar-refractivity contribution >= 4 is 22.3 Å². The lowest BCUT2D eigenvalue weighted by Gasteiger charge is -2.20. The number of anilines is 1. The van der Waals surface area contributed by atoms with Gasteiger partial charge in [0.1, 0.15) is 23.0 Å². The molecule has 0 saturated carbocycles. The largest absolute Gasteiger partial charge is 0.377 e. The molecule has 168 valence electrons. The quantitative estimate of drug-likeness (QED) is 0.618. The molecule has 0 spiro atoms. The van der Waals surface area contributed by atoms with Crippen LogP contribution < -0.4 is 10.9 Å². The molecule has 1 atom stereocenters. The van der Waals surface area contributed by atoms with Gasteiger partial charge >= 0.3 is 0 Å². The molecule has 3 aromatic rings. The number of fused-ring (bicyclic) bond motifs is 1. The molecule has 0 saturated heterocycles. The third kappa shape index (κ3) is 4.00. The zero-order valence-electron chi connectivity index (χ0n) is 18.0. The minimum Gasteiger partial charge on any atom is -0.377 e. The van der Waals surface area contributed by atoms with E-state index < -0.39 is 23.8 Å². The number of hydrogen-bond acceptors (Lipinski definition) is 5. The molecule has 1 aliphatic rings. The Morgan fingerprint density at radius 1 is 1.22 bits per heavy atom. The van der Waals surface area contributed by atoms with Gasteiger partial charge in [-0.05, 0) is 31.9 Å². The van der Waals surface area contributed by atoms with Crippen LogP contribution in [0.1, 0.15) is 48.5 Å². The topological polar surface area (TPSA) is 69.0 Å². The van der Waals surface area contributed by atoms with Crippen molar-refractivity contribution in [2.45, 2.75) is 32.7 Å². The Morgan fingerprint density at radius 2 is 1.97 bits per heavy atom. The lowest BCUT2D eigenvalue weighted by atomic mass is 10.0. The zero-order chi connectivity index (χ0) is 23.0. The molecular weight excluding hydrogens is 421 g/mol. The second kappa shape index (κ2) is 8.74. The molecule has 3 heterocycles. The Hall–Kier alpha value is -3.20. The van der Waals surface area contributed by atoms with Crippen LogP contribution in [0.15, 0.2) is 35.1 Å². The number of nitrogens with zero attached hydrogens (tertiary/aromatic N) is 3. The fourth-order valence-corrected chi connectivity index (χ4v) is 3.91. The van der Waals surface area contributed by atoms with Crippen LogP contribution in [0, 0.1) is 12.7 Å². The Balaban J connectivity index is 1.82. The first-order chi connectivity index (χ1) is 15.3. The molecule has 0 radical (unpaired) electrons. The van der Waals surface area contributed by atoms with Gasteiger partial charge in [-0.25, -0.2) is 23.1 Å². The van der Waals surface area contributed by atoms with E-state index >= 15 is 0 Å². The maximum Gasteiger partial charge on any atom is 0.277 e. The molecule has 1 aliphatic heterocycles. The van der Waals surface area contributed by atoms with Gasteiger partial charge in [0, 0.05) is 18.3 Å². The van der Waals surface area contributed by atoms with Crippen molar-refractivity contribution in [2.75, 3.05) is 18.5 Å². The van der Waals surface area contributed by atoms with Gasteiger partial charge in [0.15, 0.2) is 0 Å². The Morgan fingerprint density at radius 3 is 2.66 bits per heavy atom. The second-order valence-corrected chi connectivity index (χ2v) is 7.75. The summed E-state index contributed by atoms with van der Waals surface area (Å²) in [4.78, 5) is 21.8. The van der Waals surface area contributed by atoms with Gasteiger partial charge in [0.2, 0.25) is 0 Å². The van der Waals surface area contributed by atoms with Gasteiger partial charge in [-0.15, -0.1) is 0 Å². The van der Waals surface area contributed by atoms with Crippen LogP contribution in [0.3, 0.4) is 0 Å². The monoisotopic (exact) mass is 444 g/mol. The second-order valence-electron chi connectivity index (χ2n) is 7.75. The Bertz CT molecular complexity index is 1270. The van der Waals surface area contributed by atoms with E-state index in [1.54, 1.807) is 25.5 Å². The molecular formula is C23H23F3N4O2. The summed E-state index contributed by atoms with van der Waals surface area (Å²) in [5.74, 6) is -0.251. The summed E-state index contributed by atoms with van der Waals surface area (Å²) in [6, 6.07) is 5.06. The minimum atomic E-state index is -2.91. The number of rotatable bonds is 5. The number of ether oxygens (including phenoxy) is 1. The number of benzene rings is 1. The SMILES string of the molecule is Cc1nc(N[C@H](C)c2cccc(C(F)F)c2F)c2cc(C3=CCOCC3)n(C)c(=O)c2n1. The first kappa shape index (κ1) is 22.0. The van der Waals surface area contributed by atoms with Crippen LogP contribution in [0.25, 0.3) is 16.5 Å². The average molecular weight is 444 g/mol. The summed E-state index contributed by atoms with van der Waals surface area (Å²) in [6.07, 6.45) is -0.321. The number of aryl methyl sites for hydroxylation is 1. The van der Waals surface area contributed by atoms with Crippen LogP contribution in [0.2, 0.25) is 0 Å². The van der Waals surface area contributed by atoms with E-state index in [1.165, 1.54) is 12.1 Å². The predicted molar refractivity (Wildman–Crippen MR) is 116 cm³/mol. The fraction of sp³-hybridized carbons (Fsp3) is 0.348. The van der Waals surface area contributed by atoms with Gasteiger partial charge in [-0.1, -0.05) is 24.3 Å². The summed E-state index contributed by atoms with van der Waals surface area (Å²) in [5, 5.41) is 3.58. The van der Waals surface area contributed by atoms with Crippen molar-refractivity contribution in [3.05, 3.63) is 69.2 Å². The van der Waals surface area contributed by atoms with Crippen LogP contribution in [-0.2, 0) is 11.8 Å². The predicted octanol–water partition coefficient (Wildman–Crippen LogP) is 4.69. The summed E-state index contributed by atoms with van der Waals surface area (Å²) < 4.78 is 47.8. The smallest absolute Gasteiger partial charge is 0.277 e. The van der Waals surface area contributed by atoms with Gasteiger partial charge in [-0.2, -0.15) is 0 Å². The van der Waals surface area contributed by atoms with Crippen molar-refractivity contribution in [1.29, 1.82) is 0 Å². The zero-order valence-corrected chi connectivity index (χ0v) is 18.0. The van der Waals surface area contributed by atoms with Crippen molar-refractivity contribution in [3.8, 4) is 0 Å². The van der Waals surface area contributed by atoms with Crippen molar-refractivity contribution in [1.82, 2.24) is 14.5 Å². The lowest BCUT2D eigenvalue weighted by molar-refractivity contribution is 0.146. The highest BCUT2D eigenvalue weighted by atomic mass is 19.3. The van der Waals surface area contributed by atoms with Gasteiger partial charge in [-0.3, -0.25) is 4.79 Å². The van der Waals surface area contributed by atoms with E-state index in [2.05, 4.69) is 15.3 Å². The van der Waals surface area contributed by atoms with E-state index in [9.17, 15) is 18.0 Å². The fourth-order valence-electron chi connectivity index (χ4n) is 3.91. The standard InChI is InChI=1S/C23H23F3N4O2/c1-12(15-5-4-6-16(19(15)24)21(25)26)27-22-17-11-18(14-7-9-32-10-8-14)30(3)23(31)20(17)28-13(2)29-22/h4-7,11-12,21H,8-10H2,1-3H3,(H,27,28,29)/t12-/m1/s1. The summed E-state index contributed by atoms with van der Waals surface area (Å²) >= 11 is 0. The van der Waals surface area contributed by atoms with E-state index in [4.69, 9.17) is 4.74 Å². The van der Waals surface area contributed by atoms with Crippen LogP contribution in [0.5, 0.6) is 0 Å². The number of nitrogens with one attached hydrogen (secondary N) is 1. The third-order valence-electron chi connectivity index (χ3n) is 5.61. The maximum absolute atomic E-state index is 14.7. The molecule has 0 fully saturated rings. The van der Waals surface area contributed by atoms with E-state index in [0.717, 1.165) is 17.3 Å². The first-order valence-electron chi connectivity index (χ1n) is 10.3. The molecule has 1 aromatic carbocycles. The number of pyridine rings is 1. The molecule has 32 heavy (non-hydrogen) atoms. The van der Waals surface area contributed by atoms with Crippen LogP contribution in [0.4, 0.5) is 19.0 Å². The van der Waals surface area contributed by atoms with Gasteiger partial charge in [0.05, 0.1) is 30.2 Å². The van der Waals surface area contributed by atoms with E-state index in [-0.39, 0.29) is 16.6 Å². The highest BCUT2D eigenvalue weighted by Crippen LogP contribution is 2.31. The lowest BCUT2D eigenvalue weighted by Crippen LogP contribution is -2.23. The molecule has 2 aromatic heterocycles. The molecule has 0 bridgehead atoms. The van der Waals surface area contributed by atoms with Crippen LogP contribution in [-0.4, -0.2) is 27.7 Å². The molecule has 0 amide bonds. The Labute approximate surface area is 182 Å². The molecule has 1 N–H and O–H groups in total. The van der Waals surface area contributed by atoms with Crippen molar-refractivity contribution < 1.29 is 17.9 Å². The molecule has 6 nitrogen and oxygen atoms in total. The Kier molecular flexibility index (Phi) is 6.01. The highest BCUT2D eigenvalue weighted by molar-refractivity contribution is 5.91. The molecule has 0 aliphatic carbocycles. The summed E-state index contributed by atoms with van der Waals surface area (Å²) in [6.45, 7) is 4.33. The summed E-state index contributed by atoms with van der Waals surface area (Å²) in [7, 11) is 1.69. The number of aromatic nitrogens is 3.